The Morgan fingerprint density at radius 1 is 0.729 bits per heavy atom. The minimum absolute atomic E-state index is 0.0460. The minimum atomic E-state index is -0.607. The first-order valence-electron chi connectivity index (χ1n) is 23.3. The highest BCUT2D eigenvalue weighted by Crippen LogP contribution is 2.34. The molecule has 12 rings (SSSR count). The Bertz CT molecular complexity index is 3510. The summed E-state index contributed by atoms with van der Waals surface area (Å²) in [6, 6.07) is 20.5. The van der Waals surface area contributed by atoms with Gasteiger partial charge >= 0.3 is 0 Å². The van der Waals surface area contributed by atoms with E-state index in [1.807, 2.05) is 75.0 Å². The Kier molecular flexibility index (Phi) is 12.5. The number of thiazole rings is 2. The number of hydrazine groups is 2. The van der Waals surface area contributed by atoms with Crippen LogP contribution in [-0.2, 0) is 9.47 Å². The molecule has 3 saturated heterocycles. The lowest BCUT2D eigenvalue weighted by Crippen LogP contribution is -2.49. The average molecular weight is 988 g/mol. The van der Waals surface area contributed by atoms with Gasteiger partial charge in [0, 0.05) is 59.4 Å². The fraction of sp³-hybridized carbons (Fsp3) is 0.354. The van der Waals surface area contributed by atoms with E-state index in [2.05, 4.69) is 43.0 Å². The Balaban J connectivity index is 0.000000152. The maximum absolute atomic E-state index is 15.2. The van der Waals surface area contributed by atoms with Gasteiger partial charge in [0.25, 0.3) is 11.8 Å². The molecule has 8 aromatic rings. The molecule has 362 valence electrons. The van der Waals surface area contributed by atoms with Crippen LogP contribution >= 0.6 is 22.7 Å². The van der Waals surface area contributed by atoms with E-state index in [-0.39, 0.29) is 33.7 Å². The zero-order valence-electron chi connectivity index (χ0n) is 38.6. The predicted molar refractivity (Wildman–Crippen MR) is 271 cm³/mol. The van der Waals surface area contributed by atoms with E-state index in [0.717, 1.165) is 58.9 Å². The van der Waals surface area contributed by atoms with Crippen LogP contribution in [0.5, 0.6) is 0 Å². The van der Waals surface area contributed by atoms with E-state index in [1.165, 1.54) is 33.7 Å². The number of pyridine rings is 4. The van der Waals surface area contributed by atoms with Crippen molar-refractivity contribution in [2.75, 3.05) is 116 Å². The van der Waals surface area contributed by atoms with Crippen molar-refractivity contribution in [3.63, 3.8) is 0 Å². The standard InChI is InChI=1S/C25H28N6O3S.C23H22FN7O3S/c1-28-9-4-10-29(12-11-28)20-8-7-17-22(32)21(24(33)27-30-13-15-34-16-14-30)25-31(23(17)26-20)18-5-2-3-6-19(18)35-25;1-29(23-25-6-7-26-23)28-21(33)17-18(32)13-12-14(24)20(30-8-10-34-11-9-30)27-19(13)31-15-4-2-3-5-16(15)35-22(17)31/h2-3,5-8H,4,9-16H2,1H3,(H,27,33);2-5,12H,6-11H2,1H3,(H,25,26)(H,28,33). The van der Waals surface area contributed by atoms with Crippen LogP contribution in [-0.4, -0.2) is 157 Å². The maximum Gasteiger partial charge on any atom is 0.276 e. The molecule has 10 heterocycles. The Labute approximate surface area is 407 Å². The number of hydrogen-bond acceptors (Lipinski definition) is 17. The zero-order valence-corrected chi connectivity index (χ0v) is 40.2. The third-order valence-electron chi connectivity index (χ3n) is 12.9. The Morgan fingerprint density at radius 3 is 2.03 bits per heavy atom. The molecule has 0 radical (unpaired) electrons. The first kappa shape index (κ1) is 45.6. The summed E-state index contributed by atoms with van der Waals surface area (Å²) in [7, 11) is 3.78. The maximum atomic E-state index is 15.2. The molecule has 0 spiro atoms. The second-order valence-electron chi connectivity index (χ2n) is 17.5. The summed E-state index contributed by atoms with van der Waals surface area (Å²) in [5.41, 5.74) is 7.53. The van der Waals surface area contributed by atoms with Gasteiger partial charge in [0.1, 0.15) is 26.6 Å². The number of fused-ring (bicyclic) bond motifs is 10. The molecule has 2 aromatic carbocycles. The number of hydrogen-bond donors (Lipinski definition) is 3. The van der Waals surface area contributed by atoms with E-state index in [4.69, 9.17) is 14.5 Å². The van der Waals surface area contributed by atoms with E-state index >= 15 is 4.39 Å². The Hall–Kier alpha value is -6.82. The summed E-state index contributed by atoms with van der Waals surface area (Å²) in [5.74, 6) is -0.0491. The number of ether oxygens (including phenoxy) is 2. The number of guanidine groups is 1. The molecule has 0 atom stereocenters. The third-order valence-corrected chi connectivity index (χ3v) is 15.2. The molecule has 4 aliphatic heterocycles. The first-order valence-corrected chi connectivity index (χ1v) is 24.9. The van der Waals surface area contributed by atoms with Gasteiger partial charge in [-0.3, -0.25) is 43.8 Å². The summed E-state index contributed by atoms with van der Waals surface area (Å²) in [5, 5.41) is 6.83. The largest absolute Gasteiger partial charge is 0.379 e. The highest BCUT2D eigenvalue weighted by Gasteiger charge is 2.29. The minimum Gasteiger partial charge on any atom is -0.379 e. The van der Waals surface area contributed by atoms with Gasteiger partial charge in [-0.25, -0.2) is 24.4 Å². The summed E-state index contributed by atoms with van der Waals surface area (Å²) < 4.78 is 31.7. The monoisotopic (exact) mass is 987 g/mol. The number of carbonyl (C=O) groups is 2. The topological polar surface area (TPSA) is 186 Å². The van der Waals surface area contributed by atoms with Gasteiger partial charge in [-0.15, -0.1) is 22.7 Å². The number of rotatable bonds is 5. The van der Waals surface area contributed by atoms with Crippen molar-refractivity contribution in [3.8, 4) is 0 Å². The molecule has 19 nitrogen and oxygen atoms in total. The SMILES string of the molecule is CN(NC(=O)c1c(=O)c2cc(F)c(N3CCOCC3)nc2n2c1sc1ccccc12)C1=NCCN1.CN1CCCN(c2ccc3c(=O)c(C(=O)NN4CCOCC4)c4sc5ccccc5n4c3n2)CC1. The fourth-order valence-corrected chi connectivity index (χ4v) is 11.7. The van der Waals surface area contributed by atoms with Gasteiger partial charge in [0.05, 0.1) is 64.2 Å². The molecular weight excluding hydrogens is 938 g/mol. The lowest BCUT2D eigenvalue weighted by atomic mass is 10.1. The molecule has 70 heavy (non-hydrogen) atoms. The van der Waals surface area contributed by atoms with E-state index in [1.54, 1.807) is 11.4 Å². The van der Waals surface area contributed by atoms with Crippen molar-refractivity contribution in [2.24, 2.45) is 4.99 Å². The smallest absolute Gasteiger partial charge is 0.276 e. The highest BCUT2D eigenvalue weighted by molar-refractivity contribution is 7.24. The summed E-state index contributed by atoms with van der Waals surface area (Å²) in [6.45, 7) is 9.35. The molecule has 22 heteroatoms. The number of aromatic nitrogens is 4. The van der Waals surface area contributed by atoms with Crippen LogP contribution < -0.4 is 36.8 Å². The molecule has 0 unspecified atom stereocenters. The number of aliphatic imine (C=N–C) groups is 1. The predicted octanol–water partition coefficient (Wildman–Crippen LogP) is 3.76. The van der Waals surface area contributed by atoms with Crippen LogP contribution in [0, 0.1) is 5.82 Å². The molecule has 2 amide bonds. The average Bonchev–Trinajstić information content (AvgIpc) is 4.11. The highest BCUT2D eigenvalue weighted by atomic mass is 32.1. The van der Waals surface area contributed by atoms with Crippen LogP contribution in [0.1, 0.15) is 27.1 Å². The van der Waals surface area contributed by atoms with E-state index < -0.39 is 17.2 Å². The normalized spacial score (nSPS) is 17.2. The number of likely N-dealkylation sites (N-methyl/N-ethyl adjacent to an activating group) is 1. The second-order valence-corrected chi connectivity index (χ2v) is 19.5. The quantitative estimate of drug-likeness (QED) is 0.212. The van der Waals surface area contributed by atoms with Crippen molar-refractivity contribution in [3.05, 3.63) is 104 Å². The summed E-state index contributed by atoms with van der Waals surface area (Å²) in [6.07, 6.45) is 1.06. The molecule has 0 bridgehead atoms. The summed E-state index contributed by atoms with van der Waals surface area (Å²) >= 11 is 2.77. The van der Waals surface area contributed by atoms with Gasteiger partial charge in [0.15, 0.2) is 22.9 Å². The molecular formula is C48H50FN13O6S2. The molecule has 3 fully saturated rings. The van der Waals surface area contributed by atoms with Crippen LogP contribution in [0.3, 0.4) is 0 Å². The number of benzene rings is 2. The van der Waals surface area contributed by atoms with Gasteiger partial charge < -0.3 is 29.5 Å². The van der Waals surface area contributed by atoms with Gasteiger partial charge in [0.2, 0.25) is 16.8 Å². The van der Waals surface area contributed by atoms with Gasteiger partial charge in [-0.05, 0) is 62.5 Å². The zero-order chi connectivity index (χ0) is 48.0. The van der Waals surface area contributed by atoms with Crippen LogP contribution in [0.25, 0.3) is 52.2 Å². The van der Waals surface area contributed by atoms with Crippen molar-refractivity contribution in [2.45, 2.75) is 6.42 Å². The number of halogens is 1. The second kappa shape index (κ2) is 19.2. The molecule has 0 aliphatic carbocycles. The van der Waals surface area contributed by atoms with Crippen molar-refractivity contribution < 1.29 is 23.5 Å². The van der Waals surface area contributed by atoms with Crippen molar-refractivity contribution >= 4 is 104 Å². The number of carbonyl (C=O) groups excluding carboxylic acids is 2. The lowest BCUT2D eigenvalue weighted by molar-refractivity contribution is 0.0126. The van der Waals surface area contributed by atoms with Crippen molar-refractivity contribution in [1.82, 2.24) is 49.9 Å². The third kappa shape index (κ3) is 8.42. The summed E-state index contributed by atoms with van der Waals surface area (Å²) in [4.78, 5) is 75.6. The number of nitrogens with one attached hydrogen (secondary N) is 3. The number of morpholine rings is 2. The molecule has 3 N–H and O–H groups in total. The number of anilines is 2. The Morgan fingerprint density at radius 2 is 1.36 bits per heavy atom. The molecule has 6 aromatic heterocycles. The van der Waals surface area contributed by atoms with Gasteiger partial charge in [-0.2, -0.15) is 0 Å². The molecule has 4 aliphatic rings. The number of para-hydroxylation sites is 2. The molecule has 0 saturated carbocycles. The fourth-order valence-electron chi connectivity index (χ4n) is 9.37. The van der Waals surface area contributed by atoms with Crippen LogP contribution in [0.4, 0.5) is 16.0 Å². The lowest BCUT2D eigenvalue weighted by Gasteiger charge is -2.28. The van der Waals surface area contributed by atoms with Crippen LogP contribution in [0.2, 0.25) is 0 Å². The first-order chi connectivity index (χ1) is 34.1. The number of nitrogens with zero attached hydrogens (tertiary/aromatic N) is 10. The van der Waals surface area contributed by atoms with Crippen LogP contribution in [0.15, 0.2) is 81.3 Å². The number of amides is 2. The van der Waals surface area contributed by atoms with E-state index in [9.17, 15) is 19.2 Å². The van der Waals surface area contributed by atoms with E-state index in [0.29, 0.717) is 98.0 Å². The van der Waals surface area contributed by atoms with Crippen molar-refractivity contribution in [1.29, 1.82) is 0 Å². The van der Waals surface area contributed by atoms with Gasteiger partial charge in [-0.1, -0.05) is 24.3 Å².